The van der Waals surface area contributed by atoms with Gasteiger partial charge in [-0.3, -0.25) is 0 Å². The largest absolute Gasteiger partial charge is 0.495 e. The van der Waals surface area contributed by atoms with Crippen LogP contribution in [0, 0.1) is 12.3 Å². The molecule has 98 valence electrons. The molecule has 0 heterocycles. The Balaban J connectivity index is 3.40. The fraction of sp³-hybridized carbons (Fsp3) is 0.273. The number of hydrogen-bond acceptors (Lipinski definition) is 5. The number of halogens is 1. The van der Waals surface area contributed by atoms with E-state index in [2.05, 4.69) is 5.92 Å². The molecule has 0 radical (unpaired) electrons. The van der Waals surface area contributed by atoms with Gasteiger partial charge in [-0.2, -0.15) is 0 Å². The van der Waals surface area contributed by atoms with Gasteiger partial charge in [0.25, 0.3) is 9.05 Å². The van der Waals surface area contributed by atoms with Crippen LogP contribution in [-0.4, -0.2) is 29.2 Å². The van der Waals surface area contributed by atoms with Gasteiger partial charge in [-0.05, 0) is 0 Å². The van der Waals surface area contributed by atoms with Crippen LogP contribution in [0.25, 0.3) is 0 Å². The molecule has 0 aliphatic rings. The van der Waals surface area contributed by atoms with Gasteiger partial charge in [0.1, 0.15) is 23.9 Å². The van der Waals surface area contributed by atoms with Crippen LogP contribution in [0.15, 0.2) is 17.0 Å². The summed E-state index contributed by atoms with van der Waals surface area (Å²) in [6.07, 6.45) is 5.06. The van der Waals surface area contributed by atoms with Crippen molar-refractivity contribution >= 4 is 19.7 Å². The van der Waals surface area contributed by atoms with Gasteiger partial charge in [0.05, 0.1) is 14.2 Å². The lowest BCUT2D eigenvalue weighted by Gasteiger charge is -2.13. The molecule has 1 aromatic rings. The van der Waals surface area contributed by atoms with E-state index in [1.807, 2.05) is 0 Å². The SMILES string of the molecule is C#CCOc1cc(OC)c(S(=O)(=O)Cl)c(OC)c1. The number of benzene rings is 1. The van der Waals surface area contributed by atoms with Gasteiger partial charge in [-0.25, -0.2) is 8.42 Å². The molecule has 5 nitrogen and oxygen atoms in total. The summed E-state index contributed by atoms with van der Waals surface area (Å²) in [4.78, 5) is -0.248. The molecule has 0 saturated heterocycles. The first-order valence-corrected chi connectivity index (χ1v) is 7.02. The van der Waals surface area contributed by atoms with Crippen molar-refractivity contribution in [2.75, 3.05) is 20.8 Å². The molecule has 18 heavy (non-hydrogen) atoms. The van der Waals surface area contributed by atoms with Crippen LogP contribution in [0.3, 0.4) is 0 Å². The summed E-state index contributed by atoms with van der Waals surface area (Å²) in [5.74, 6) is 2.66. The third-order valence-corrected chi connectivity index (χ3v) is 3.35. The maximum absolute atomic E-state index is 11.4. The van der Waals surface area contributed by atoms with E-state index in [1.165, 1.54) is 26.4 Å². The van der Waals surface area contributed by atoms with E-state index in [4.69, 9.17) is 31.3 Å². The minimum Gasteiger partial charge on any atom is -0.495 e. The fourth-order valence-corrected chi connectivity index (χ4v) is 2.53. The van der Waals surface area contributed by atoms with Crippen LogP contribution >= 0.6 is 10.7 Å². The van der Waals surface area contributed by atoms with Crippen LogP contribution in [0.4, 0.5) is 0 Å². The smallest absolute Gasteiger partial charge is 0.268 e. The highest BCUT2D eigenvalue weighted by molar-refractivity contribution is 8.13. The Kier molecular flexibility index (Phi) is 4.70. The van der Waals surface area contributed by atoms with E-state index in [9.17, 15) is 8.42 Å². The molecule has 1 aromatic carbocycles. The Bertz CT molecular complexity index is 549. The van der Waals surface area contributed by atoms with Gasteiger partial charge in [-0.1, -0.05) is 5.92 Å². The molecule has 0 aliphatic heterocycles. The van der Waals surface area contributed by atoms with E-state index >= 15 is 0 Å². The zero-order chi connectivity index (χ0) is 13.8. The maximum Gasteiger partial charge on any atom is 0.268 e. The van der Waals surface area contributed by atoms with E-state index in [1.54, 1.807) is 0 Å². The molecule has 0 unspecified atom stereocenters. The van der Waals surface area contributed by atoms with Crippen molar-refractivity contribution in [2.24, 2.45) is 0 Å². The van der Waals surface area contributed by atoms with Crippen molar-refractivity contribution < 1.29 is 22.6 Å². The summed E-state index contributed by atoms with van der Waals surface area (Å²) in [5, 5.41) is 0. The zero-order valence-electron chi connectivity index (χ0n) is 9.77. The third kappa shape index (κ3) is 3.22. The monoisotopic (exact) mass is 290 g/mol. The molecule has 0 spiro atoms. The van der Waals surface area contributed by atoms with E-state index < -0.39 is 9.05 Å². The Morgan fingerprint density at radius 1 is 1.28 bits per heavy atom. The van der Waals surface area contributed by atoms with Crippen LogP contribution in [0.5, 0.6) is 17.2 Å². The minimum absolute atomic E-state index is 0.0244. The molecule has 0 aromatic heterocycles. The first kappa shape index (κ1) is 14.5. The molecular formula is C11H11ClO5S. The molecule has 0 bridgehead atoms. The molecule has 0 N–H and O–H groups in total. The fourth-order valence-electron chi connectivity index (χ4n) is 1.30. The van der Waals surface area contributed by atoms with Crippen molar-refractivity contribution in [2.45, 2.75) is 4.90 Å². The van der Waals surface area contributed by atoms with Crippen LogP contribution in [-0.2, 0) is 9.05 Å². The lowest BCUT2D eigenvalue weighted by atomic mass is 10.3. The predicted octanol–water partition coefficient (Wildman–Crippen LogP) is 1.64. The minimum atomic E-state index is -4.00. The highest BCUT2D eigenvalue weighted by Gasteiger charge is 2.24. The Morgan fingerprint density at radius 2 is 1.78 bits per heavy atom. The van der Waals surface area contributed by atoms with Gasteiger partial charge < -0.3 is 14.2 Å². The lowest BCUT2D eigenvalue weighted by Crippen LogP contribution is -2.02. The Hall–Kier alpha value is -1.58. The third-order valence-electron chi connectivity index (χ3n) is 2.00. The molecule has 0 fully saturated rings. The van der Waals surface area contributed by atoms with Crippen LogP contribution in [0.2, 0.25) is 0 Å². The zero-order valence-corrected chi connectivity index (χ0v) is 11.3. The molecule has 0 saturated carbocycles. The lowest BCUT2D eigenvalue weighted by molar-refractivity contribution is 0.345. The van der Waals surface area contributed by atoms with E-state index in [0.717, 1.165) is 0 Å². The van der Waals surface area contributed by atoms with Crippen molar-refractivity contribution in [1.29, 1.82) is 0 Å². The average molecular weight is 291 g/mol. The summed E-state index contributed by atoms with van der Waals surface area (Å²) in [5.41, 5.74) is 0. The second-order valence-corrected chi connectivity index (χ2v) is 5.59. The molecule has 1 rings (SSSR count). The highest BCUT2D eigenvalue weighted by Crippen LogP contribution is 2.39. The molecule has 0 amide bonds. The average Bonchev–Trinajstić information content (AvgIpc) is 2.33. The normalized spacial score (nSPS) is 10.6. The van der Waals surface area contributed by atoms with E-state index in [0.29, 0.717) is 5.75 Å². The summed E-state index contributed by atoms with van der Waals surface area (Å²) in [7, 11) is 3.94. The van der Waals surface area contributed by atoms with Crippen molar-refractivity contribution in [3.8, 4) is 29.6 Å². The highest BCUT2D eigenvalue weighted by atomic mass is 35.7. The maximum atomic E-state index is 11.4. The summed E-state index contributed by atoms with van der Waals surface area (Å²) >= 11 is 0. The molecule has 0 atom stereocenters. The predicted molar refractivity (Wildman–Crippen MR) is 66.9 cm³/mol. The standard InChI is InChI=1S/C11H11ClO5S/c1-4-5-17-8-6-9(15-2)11(18(12,13)14)10(7-8)16-3/h1,6-7H,5H2,2-3H3. The number of ether oxygens (including phenoxy) is 3. The van der Waals surface area contributed by atoms with Gasteiger partial charge in [-0.15, -0.1) is 6.42 Å². The molecular weight excluding hydrogens is 280 g/mol. The van der Waals surface area contributed by atoms with Crippen molar-refractivity contribution in [1.82, 2.24) is 0 Å². The van der Waals surface area contributed by atoms with Crippen molar-refractivity contribution in [3.05, 3.63) is 12.1 Å². The van der Waals surface area contributed by atoms with E-state index in [-0.39, 0.29) is 23.0 Å². The first-order valence-electron chi connectivity index (χ1n) is 4.71. The van der Waals surface area contributed by atoms with Gasteiger partial charge in [0.2, 0.25) is 0 Å². The second kappa shape index (κ2) is 5.85. The Labute approximate surface area is 110 Å². The quantitative estimate of drug-likeness (QED) is 0.609. The van der Waals surface area contributed by atoms with Gasteiger partial charge >= 0.3 is 0 Å². The van der Waals surface area contributed by atoms with Crippen molar-refractivity contribution in [3.63, 3.8) is 0 Å². The number of hydrogen-bond donors (Lipinski definition) is 0. The number of rotatable bonds is 5. The van der Waals surface area contributed by atoms with Crippen LogP contribution < -0.4 is 14.2 Å². The summed E-state index contributed by atoms with van der Waals surface area (Å²) in [6, 6.07) is 2.74. The molecule has 0 aliphatic carbocycles. The topological polar surface area (TPSA) is 61.8 Å². The summed E-state index contributed by atoms with van der Waals surface area (Å²) in [6.45, 7) is 0.0410. The number of methoxy groups -OCH3 is 2. The second-order valence-electron chi connectivity index (χ2n) is 3.09. The van der Waals surface area contributed by atoms with Gasteiger partial charge in [0.15, 0.2) is 4.90 Å². The Morgan fingerprint density at radius 3 is 2.11 bits per heavy atom. The first-order chi connectivity index (χ1) is 8.43. The van der Waals surface area contributed by atoms with Gasteiger partial charge in [0, 0.05) is 22.8 Å². The summed E-state index contributed by atoms with van der Waals surface area (Å²) < 4.78 is 38.0. The number of terminal acetylenes is 1. The molecule has 7 heteroatoms. The van der Waals surface area contributed by atoms with Crippen LogP contribution in [0.1, 0.15) is 0 Å².